The van der Waals surface area contributed by atoms with Gasteiger partial charge in [0.05, 0.1) is 6.61 Å². The molecule has 14 heavy (non-hydrogen) atoms. The Labute approximate surface area is 88.4 Å². The molecular formula is C10H20O3Si. The summed E-state index contributed by atoms with van der Waals surface area (Å²) in [6.07, 6.45) is 4.44. The third kappa shape index (κ3) is 9.47. The number of carbonyl (C=O) groups is 1. The molecule has 0 aliphatic heterocycles. The highest BCUT2D eigenvalue weighted by Gasteiger charge is 1.95. The second-order valence-corrected chi connectivity index (χ2v) is 4.57. The molecular weight excluding hydrogens is 196 g/mol. The topological polar surface area (TPSA) is 35.5 Å². The quantitative estimate of drug-likeness (QED) is 0.253. The van der Waals surface area contributed by atoms with Gasteiger partial charge < -0.3 is 9.16 Å². The summed E-state index contributed by atoms with van der Waals surface area (Å²) in [5, 5.41) is 0. The Bertz CT molecular complexity index is 159. The Morgan fingerprint density at radius 3 is 2.86 bits per heavy atom. The second kappa shape index (κ2) is 10.5. The number of ether oxygens (including phenoxy) is 1. The van der Waals surface area contributed by atoms with E-state index >= 15 is 0 Å². The number of hydrogen-bond acceptors (Lipinski definition) is 3. The normalized spacial score (nSPS) is 10.6. The SMILES string of the molecule is C=CC(=O)OCCC[SiH2]OCCCC. The molecule has 0 saturated heterocycles. The van der Waals surface area contributed by atoms with Crippen molar-refractivity contribution in [1.29, 1.82) is 0 Å². The first kappa shape index (κ1) is 13.4. The molecule has 82 valence electrons. The minimum absolute atomic E-state index is 0.335. The molecule has 0 radical (unpaired) electrons. The van der Waals surface area contributed by atoms with Crippen molar-refractivity contribution in [2.75, 3.05) is 13.2 Å². The second-order valence-electron chi connectivity index (χ2n) is 3.04. The molecule has 4 heteroatoms. The van der Waals surface area contributed by atoms with Gasteiger partial charge in [-0.3, -0.25) is 0 Å². The molecule has 0 aliphatic carbocycles. The van der Waals surface area contributed by atoms with Gasteiger partial charge in [-0.25, -0.2) is 4.79 Å². The van der Waals surface area contributed by atoms with Gasteiger partial charge in [0.2, 0.25) is 0 Å². The fraction of sp³-hybridized carbons (Fsp3) is 0.700. The molecule has 0 unspecified atom stereocenters. The summed E-state index contributed by atoms with van der Waals surface area (Å²) in [5.74, 6) is -0.335. The molecule has 0 aromatic heterocycles. The number of rotatable bonds is 9. The van der Waals surface area contributed by atoms with Crippen LogP contribution in [0.3, 0.4) is 0 Å². The molecule has 3 nitrogen and oxygen atoms in total. The maximum Gasteiger partial charge on any atom is 0.330 e. The van der Waals surface area contributed by atoms with Gasteiger partial charge in [0.1, 0.15) is 0 Å². The summed E-state index contributed by atoms with van der Waals surface area (Å²) in [5.41, 5.74) is 0. The van der Waals surface area contributed by atoms with E-state index in [4.69, 9.17) is 9.16 Å². The maximum absolute atomic E-state index is 10.6. The fourth-order valence-corrected chi connectivity index (χ4v) is 1.91. The zero-order valence-corrected chi connectivity index (χ0v) is 10.4. The van der Waals surface area contributed by atoms with Crippen molar-refractivity contribution >= 4 is 15.7 Å². The minimum atomic E-state index is -0.377. The molecule has 0 aromatic carbocycles. The van der Waals surface area contributed by atoms with Crippen molar-refractivity contribution in [1.82, 2.24) is 0 Å². The summed E-state index contributed by atoms with van der Waals surface area (Å²) >= 11 is 0. The van der Waals surface area contributed by atoms with E-state index < -0.39 is 0 Å². The van der Waals surface area contributed by atoms with Gasteiger partial charge in [-0.05, 0) is 18.9 Å². The lowest BCUT2D eigenvalue weighted by molar-refractivity contribution is -0.137. The van der Waals surface area contributed by atoms with Gasteiger partial charge in [-0.2, -0.15) is 0 Å². The van der Waals surface area contributed by atoms with Crippen molar-refractivity contribution in [2.24, 2.45) is 0 Å². The average Bonchev–Trinajstić information content (AvgIpc) is 2.21. The van der Waals surface area contributed by atoms with Crippen molar-refractivity contribution in [3.05, 3.63) is 12.7 Å². The van der Waals surface area contributed by atoms with Crippen LogP contribution in [-0.4, -0.2) is 28.9 Å². The van der Waals surface area contributed by atoms with E-state index in [1.807, 2.05) is 0 Å². The predicted octanol–water partition coefficient (Wildman–Crippen LogP) is 1.42. The van der Waals surface area contributed by atoms with Crippen molar-refractivity contribution < 1.29 is 14.0 Å². The first-order chi connectivity index (χ1) is 6.81. The van der Waals surface area contributed by atoms with Crippen LogP contribution < -0.4 is 0 Å². The van der Waals surface area contributed by atoms with E-state index in [0.29, 0.717) is 6.61 Å². The van der Waals surface area contributed by atoms with Crippen LogP contribution in [0.1, 0.15) is 26.2 Å². The van der Waals surface area contributed by atoms with E-state index in [9.17, 15) is 4.79 Å². The zero-order valence-electron chi connectivity index (χ0n) is 8.96. The summed E-state index contributed by atoms with van der Waals surface area (Å²) < 4.78 is 10.3. The van der Waals surface area contributed by atoms with Crippen molar-refractivity contribution in [3.63, 3.8) is 0 Å². The van der Waals surface area contributed by atoms with Crippen molar-refractivity contribution in [2.45, 2.75) is 32.2 Å². The predicted molar refractivity (Wildman–Crippen MR) is 60.0 cm³/mol. The Balaban J connectivity index is 2.99. The molecule has 0 spiro atoms. The Hall–Kier alpha value is -0.613. The molecule has 0 aromatic rings. The van der Waals surface area contributed by atoms with E-state index in [-0.39, 0.29) is 15.7 Å². The van der Waals surface area contributed by atoms with Gasteiger partial charge in [-0.15, -0.1) is 0 Å². The first-order valence-electron chi connectivity index (χ1n) is 5.18. The van der Waals surface area contributed by atoms with Gasteiger partial charge in [0, 0.05) is 12.7 Å². The zero-order chi connectivity index (χ0) is 10.6. The molecule has 0 bridgehead atoms. The Kier molecular flexibility index (Phi) is 10.0. The van der Waals surface area contributed by atoms with Gasteiger partial charge in [-0.1, -0.05) is 19.9 Å². The largest absolute Gasteiger partial charge is 0.463 e. The Morgan fingerprint density at radius 2 is 2.21 bits per heavy atom. The lowest BCUT2D eigenvalue weighted by atomic mass is 10.4. The number of esters is 1. The Morgan fingerprint density at radius 1 is 1.43 bits per heavy atom. The third-order valence-corrected chi connectivity index (χ3v) is 3.10. The maximum atomic E-state index is 10.6. The van der Waals surface area contributed by atoms with E-state index in [2.05, 4.69) is 13.5 Å². The summed E-state index contributed by atoms with van der Waals surface area (Å²) in [7, 11) is -0.377. The average molecular weight is 216 g/mol. The van der Waals surface area contributed by atoms with Crippen LogP contribution in [0.25, 0.3) is 0 Å². The highest BCUT2D eigenvalue weighted by molar-refractivity contribution is 6.26. The molecule has 0 N–H and O–H groups in total. The van der Waals surface area contributed by atoms with Gasteiger partial charge in [0.25, 0.3) is 0 Å². The first-order valence-corrected chi connectivity index (χ1v) is 6.76. The fourth-order valence-electron chi connectivity index (χ4n) is 0.886. The van der Waals surface area contributed by atoms with Crippen LogP contribution in [0.4, 0.5) is 0 Å². The molecule has 0 heterocycles. The highest BCUT2D eigenvalue weighted by atomic mass is 28.2. The highest BCUT2D eigenvalue weighted by Crippen LogP contribution is 1.93. The number of carbonyl (C=O) groups excluding carboxylic acids is 1. The van der Waals surface area contributed by atoms with Crippen molar-refractivity contribution in [3.8, 4) is 0 Å². The van der Waals surface area contributed by atoms with E-state index in [1.165, 1.54) is 12.5 Å². The number of unbranched alkanes of at least 4 members (excludes halogenated alkanes) is 1. The van der Waals surface area contributed by atoms with Crippen LogP contribution in [0.2, 0.25) is 6.04 Å². The van der Waals surface area contributed by atoms with Crippen LogP contribution in [0, 0.1) is 0 Å². The smallest absolute Gasteiger partial charge is 0.330 e. The third-order valence-electron chi connectivity index (χ3n) is 1.74. The van der Waals surface area contributed by atoms with Gasteiger partial charge >= 0.3 is 5.97 Å². The minimum Gasteiger partial charge on any atom is -0.463 e. The summed E-state index contributed by atoms with van der Waals surface area (Å²) in [6.45, 7) is 6.86. The molecule has 0 amide bonds. The van der Waals surface area contributed by atoms with Crippen LogP contribution in [0.15, 0.2) is 12.7 Å². The van der Waals surface area contributed by atoms with Crippen LogP contribution >= 0.6 is 0 Å². The molecule has 0 atom stereocenters. The molecule has 0 aliphatic rings. The monoisotopic (exact) mass is 216 g/mol. The lowest BCUT2D eigenvalue weighted by Gasteiger charge is -2.03. The number of hydrogen-bond donors (Lipinski definition) is 0. The molecule has 0 fully saturated rings. The van der Waals surface area contributed by atoms with Crippen LogP contribution in [0.5, 0.6) is 0 Å². The summed E-state index contributed by atoms with van der Waals surface area (Å²) in [6, 6.07) is 1.08. The van der Waals surface area contributed by atoms with E-state index in [0.717, 1.165) is 25.5 Å². The van der Waals surface area contributed by atoms with Gasteiger partial charge in [0.15, 0.2) is 9.76 Å². The van der Waals surface area contributed by atoms with E-state index in [1.54, 1.807) is 0 Å². The standard InChI is InChI=1S/C10H20O3Si/c1-3-5-8-13-14-9-6-7-12-10(11)4-2/h4H,2-3,5-9,14H2,1H3. The molecule has 0 saturated carbocycles. The lowest BCUT2D eigenvalue weighted by Crippen LogP contribution is -2.05. The van der Waals surface area contributed by atoms with Crippen LogP contribution in [-0.2, 0) is 14.0 Å². The summed E-state index contributed by atoms with van der Waals surface area (Å²) in [4.78, 5) is 10.6. The molecule has 0 rings (SSSR count).